The fourth-order valence-electron chi connectivity index (χ4n) is 1.37. The minimum Gasteiger partial charge on any atom is -0.469 e. The van der Waals surface area contributed by atoms with Crippen LogP contribution in [0.25, 0.3) is 0 Å². The van der Waals surface area contributed by atoms with Crippen molar-refractivity contribution in [3.8, 4) is 0 Å². The van der Waals surface area contributed by atoms with E-state index in [4.69, 9.17) is 23.7 Å². The average molecular weight is 358 g/mol. The Morgan fingerprint density at radius 1 is 1.22 bits per heavy atom. The largest absolute Gasteiger partial charge is 0.469 e. The maximum Gasteiger partial charge on any atom is 0.322 e. The van der Waals surface area contributed by atoms with E-state index in [-0.39, 0.29) is 18.8 Å². The summed E-state index contributed by atoms with van der Waals surface area (Å²) in [5, 5.41) is 0. The SMILES string of the molecule is COC(=O)CCC(N)C(=O)OC.NC(=S)SCc1ccccc1. The number of hydrogen-bond donors (Lipinski definition) is 2. The van der Waals surface area contributed by atoms with Gasteiger partial charge in [0.1, 0.15) is 10.4 Å². The van der Waals surface area contributed by atoms with Crippen molar-refractivity contribution in [2.75, 3.05) is 14.2 Å². The van der Waals surface area contributed by atoms with Gasteiger partial charge in [-0.2, -0.15) is 0 Å². The third-order valence-electron chi connectivity index (χ3n) is 2.61. The van der Waals surface area contributed by atoms with Gasteiger partial charge in [0, 0.05) is 12.2 Å². The van der Waals surface area contributed by atoms with E-state index in [0.29, 0.717) is 4.32 Å². The third kappa shape index (κ3) is 11.6. The van der Waals surface area contributed by atoms with Gasteiger partial charge in [-0.05, 0) is 12.0 Å². The molecule has 1 unspecified atom stereocenters. The molecular weight excluding hydrogens is 336 g/mol. The maximum absolute atomic E-state index is 10.7. The van der Waals surface area contributed by atoms with E-state index in [2.05, 4.69) is 21.6 Å². The zero-order valence-electron chi connectivity index (χ0n) is 13.2. The van der Waals surface area contributed by atoms with Gasteiger partial charge in [-0.1, -0.05) is 54.3 Å². The Morgan fingerprint density at radius 2 is 1.83 bits per heavy atom. The smallest absolute Gasteiger partial charge is 0.322 e. The first-order valence-corrected chi connectivity index (χ1v) is 8.16. The molecule has 0 aliphatic heterocycles. The molecule has 0 fully saturated rings. The second kappa shape index (κ2) is 12.9. The number of carbonyl (C=O) groups is 2. The van der Waals surface area contributed by atoms with E-state index in [0.717, 1.165) is 5.75 Å². The van der Waals surface area contributed by atoms with Crippen molar-refractivity contribution in [2.24, 2.45) is 11.5 Å². The van der Waals surface area contributed by atoms with Crippen LogP contribution in [0.5, 0.6) is 0 Å². The molecule has 6 nitrogen and oxygen atoms in total. The molecule has 0 saturated heterocycles. The minimum atomic E-state index is -0.742. The van der Waals surface area contributed by atoms with Gasteiger partial charge in [0.15, 0.2) is 0 Å². The lowest BCUT2D eigenvalue weighted by atomic mass is 10.2. The number of rotatable bonds is 6. The van der Waals surface area contributed by atoms with Gasteiger partial charge in [0.25, 0.3) is 0 Å². The van der Waals surface area contributed by atoms with E-state index in [1.165, 1.54) is 31.5 Å². The fourth-order valence-corrected chi connectivity index (χ4v) is 2.05. The molecule has 8 heteroatoms. The zero-order chi connectivity index (χ0) is 17.7. The van der Waals surface area contributed by atoms with Crippen LogP contribution in [0.15, 0.2) is 30.3 Å². The van der Waals surface area contributed by atoms with E-state index in [9.17, 15) is 9.59 Å². The lowest BCUT2D eigenvalue weighted by Crippen LogP contribution is -2.32. The molecule has 128 valence electrons. The van der Waals surface area contributed by atoms with Crippen molar-refractivity contribution in [3.05, 3.63) is 35.9 Å². The Labute approximate surface area is 145 Å². The highest BCUT2D eigenvalue weighted by Gasteiger charge is 2.14. The monoisotopic (exact) mass is 358 g/mol. The molecule has 0 radical (unpaired) electrons. The Morgan fingerprint density at radius 3 is 2.30 bits per heavy atom. The topological polar surface area (TPSA) is 105 Å². The zero-order valence-corrected chi connectivity index (χ0v) is 14.8. The summed E-state index contributed by atoms with van der Waals surface area (Å²) >= 11 is 6.23. The second-order valence-corrected chi connectivity index (χ2v) is 6.05. The molecular formula is C15H22N2O4S2. The van der Waals surface area contributed by atoms with Crippen LogP contribution >= 0.6 is 24.0 Å². The quantitative estimate of drug-likeness (QED) is 0.584. The first kappa shape index (κ1) is 21.4. The summed E-state index contributed by atoms with van der Waals surface area (Å²) in [4.78, 5) is 21.3. The third-order valence-corrected chi connectivity index (χ3v) is 3.73. The number of carbonyl (C=O) groups excluding carboxylic acids is 2. The Bertz CT molecular complexity index is 498. The molecule has 4 N–H and O–H groups in total. The molecule has 0 heterocycles. The predicted molar refractivity (Wildman–Crippen MR) is 95.8 cm³/mol. The Hall–Kier alpha value is -1.64. The van der Waals surface area contributed by atoms with E-state index in [1.54, 1.807) is 0 Å². The molecule has 1 aromatic carbocycles. The van der Waals surface area contributed by atoms with Gasteiger partial charge in [0.05, 0.1) is 14.2 Å². The number of nitrogens with two attached hydrogens (primary N) is 2. The van der Waals surface area contributed by atoms with Crippen LogP contribution in [-0.4, -0.2) is 36.5 Å². The molecule has 0 amide bonds. The normalized spacial score (nSPS) is 10.7. The van der Waals surface area contributed by atoms with E-state index >= 15 is 0 Å². The van der Waals surface area contributed by atoms with Crippen LogP contribution in [0.2, 0.25) is 0 Å². The van der Waals surface area contributed by atoms with Crippen molar-refractivity contribution in [2.45, 2.75) is 24.6 Å². The summed E-state index contributed by atoms with van der Waals surface area (Å²) in [6.45, 7) is 0. The number of ether oxygens (including phenoxy) is 2. The Kier molecular flexibility index (Phi) is 11.9. The Balaban J connectivity index is 0.000000422. The van der Waals surface area contributed by atoms with Gasteiger partial charge in [-0.25, -0.2) is 0 Å². The number of thiocarbonyl (C=S) groups is 1. The van der Waals surface area contributed by atoms with Gasteiger partial charge >= 0.3 is 11.9 Å². The highest BCUT2D eigenvalue weighted by atomic mass is 32.2. The lowest BCUT2D eigenvalue weighted by Gasteiger charge is -2.07. The first-order valence-electron chi connectivity index (χ1n) is 6.77. The van der Waals surface area contributed by atoms with Crippen LogP contribution < -0.4 is 11.5 Å². The molecule has 0 spiro atoms. The van der Waals surface area contributed by atoms with E-state index in [1.807, 2.05) is 18.2 Å². The lowest BCUT2D eigenvalue weighted by molar-refractivity contribution is -0.143. The summed E-state index contributed by atoms with van der Waals surface area (Å²) in [5.74, 6) is -0.0239. The summed E-state index contributed by atoms with van der Waals surface area (Å²) < 4.78 is 9.24. The molecule has 23 heavy (non-hydrogen) atoms. The number of thioether (sulfide) groups is 1. The van der Waals surface area contributed by atoms with Gasteiger partial charge in [0.2, 0.25) is 0 Å². The van der Waals surface area contributed by atoms with Crippen molar-refractivity contribution in [1.29, 1.82) is 0 Å². The highest BCUT2D eigenvalue weighted by molar-refractivity contribution is 8.22. The van der Waals surface area contributed by atoms with Crippen LogP contribution in [0, 0.1) is 0 Å². The minimum absolute atomic E-state index is 0.132. The number of hydrogen-bond acceptors (Lipinski definition) is 7. The van der Waals surface area contributed by atoms with Crippen LogP contribution in [0.3, 0.4) is 0 Å². The van der Waals surface area contributed by atoms with Gasteiger partial charge < -0.3 is 20.9 Å². The van der Waals surface area contributed by atoms with Crippen LogP contribution in [-0.2, 0) is 24.8 Å². The molecule has 1 aromatic rings. The molecule has 0 aromatic heterocycles. The fraction of sp³-hybridized carbons (Fsp3) is 0.400. The molecule has 1 atom stereocenters. The van der Waals surface area contributed by atoms with E-state index < -0.39 is 12.0 Å². The summed E-state index contributed by atoms with van der Waals surface area (Å²) in [5.41, 5.74) is 11.9. The standard InChI is InChI=1S/C8H9NS2.C7H13NO4/c9-8(10)11-6-7-4-2-1-3-5-7;1-11-6(9)4-3-5(8)7(10)12-2/h1-5H,6H2,(H2,9,10);5H,3-4,8H2,1-2H3. The number of esters is 2. The number of methoxy groups -OCH3 is 2. The molecule has 0 aliphatic carbocycles. The maximum atomic E-state index is 10.7. The molecule has 1 rings (SSSR count). The predicted octanol–water partition coefficient (Wildman–Crippen LogP) is 1.60. The van der Waals surface area contributed by atoms with Crippen molar-refractivity contribution < 1.29 is 19.1 Å². The molecule has 0 saturated carbocycles. The van der Waals surface area contributed by atoms with Crippen LogP contribution in [0.4, 0.5) is 0 Å². The average Bonchev–Trinajstić information content (AvgIpc) is 2.58. The summed E-state index contributed by atoms with van der Waals surface area (Å²) in [7, 11) is 2.53. The van der Waals surface area contributed by atoms with Crippen LogP contribution in [0.1, 0.15) is 18.4 Å². The summed E-state index contributed by atoms with van der Waals surface area (Å²) in [6.07, 6.45) is 0.381. The molecule has 0 bridgehead atoms. The first-order chi connectivity index (χ1) is 10.9. The van der Waals surface area contributed by atoms with Gasteiger partial charge in [-0.15, -0.1) is 0 Å². The summed E-state index contributed by atoms with van der Waals surface area (Å²) in [6, 6.07) is 9.39. The highest BCUT2D eigenvalue weighted by Crippen LogP contribution is 2.10. The number of benzene rings is 1. The van der Waals surface area contributed by atoms with Crippen molar-refractivity contribution in [3.63, 3.8) is 0 Å². The van der Waals surface area contributed by atoms with Gasteiger partial charge in [-0.3, -0.25) is 9.59 Å². The molecule has 0 aliphatic rings. The van der Waals surface area contributed by atoms with Crippen molar-refractivity contribution >= 4 is 40.2 Å². The van der Waals surface area contributed by atoms with Crippen molar-refractivity contribution in [1.82, 2.24) is 0 Å². The second-order valence-electron chi connectivity index (χ2n) is 4.34.